The molecule has 650 valence electrons. The Morgan fingerprint density at radius 3 is 1.16 bits per heavy atom. The van der Waals surface area contributed by atoms with Crippen LogP contribution in [-0.2, 0) is 114 Å². The molecule has 27 atom stereocenters. The first-order chi connectivity index (χ1) is 56.6. The van der Waals surface area contributed by atoms with Crippen LogP contribution >= 0.6 is 0 Å². The molecule has 10 fully saturated rings. The van der Waals surface area contributed by atoms with E-state index in [0.29, 0.717) is 94.6 Å². The quantitative estimate of drug-likeness (QED) is 0.104. The Bertz CT molecular complexity index is 4670. The lowest BCUT2D eigenvalue weighted by Gasteiger charge is -2.61. The van der Waals surface area contributed by atoms with Crippen LogP contribution in [0.25, 0.3) is 0 Å². The highest BCUT2D eigenvalue weighted by molar-refractivity contribution is 5.95. The molecule has 4 aromatic rings. The van der Waals surface area contributed by atoms with E-state index in [-0.39, 0.29) is 66.1 Å². The van der Waals surface area contributed by atoms with Crippen molar-refractivity contribution in [3.63, 3.8) is 0 Å². The van der Waals surface area contributed by atoms with Crippen LogP contribution in [0.1, 0.15) is 219 Å². The van der Waals surface area contributed by atoms with Crippen LogP contribution in [0.3, 0.4) is 0 Å². The lowest BCUT2D eigenvalue weighted by molar-refractivity contribution is -0.216. The number of rotatable bonds is 11. The number of ether oxygens (including phenoxy) is 11. The molecule has 8 heterocycles. The normalized spacial score (nSPS) is 39.9. The molecule has 4 aliphatic heterocycles. The molecule has 8 aliphatic carbocycles. The lowest BCUT2D eigenvalue weighted by Crippen LogP contribution is -2.64. The van der Waals surface area contributed by atoms with Crippen molar-refractivity contribution in [2.45, 2.75) is 227 Å². The largest absolute Gasteiger partial charge is 0.472 e. The summed E-state index contributed by atoms with van der Waals surface area (Å²) in [6, 6.07) is 7.04. The molecular weight excluding hydrogens is 1560 g/mol. The van der Waals surface area contributed by atoms with Gasteiger partial charge in [-0.2, -0.15) is 0 Å². The van der Waals surface area contributed by atoms with Crippen LogP contribution in [0.5, 0.6) is 0 Å². The van der Waals surface area contributed by atoms with E-state index in [2.05, 4.69) is 6.92 Å². The van der Waals surface area contributed by atoms with Crippen molar-refractivity contribution >= 4 is 77.2 Å². The highest BCUT2D eigenvalue weighted by Crippen LogP contribution is 2.70. The zero-order valence-corrected chi connectivity index (χ0v) is 70.5. The van der Waals surface area contributed by atoms with Crippen molar-refractivity contribution < 1.29 is 142 Å². The molecule has 30 heteroatoms. The molecule has 0 bridgehead atoms. The van der Waals surface area contributed by atoms with Gasteiger partial charge < -0.3 is 80.0 Å². The summed E-state index contributed by atoms with van der Waals surface area (Å²) in [5.41, 5.74) is -1.47. The van der Waals surface area contributed by atoms with E-state index < -0.39 is 181 Å². The average Bonchev–Trinajstić information content (AvgIpc) is 0.779. The Hall–Kier alpha value is -9.97. The molecule has 0 spiro atoms. The van der Waals surface area contributed by atoms with Crippen molar-refractivity contribution in [3.05, 3.63) is 120 Å². The van der Waals surface area contributed by atoms with Crippen molar-refractivity contribution in [1.82, 2.24) is 0 Å². The molecule has 4 unspecified atom stereocenters. The maximum Gasteiger partial charge on any atom is 0.334 e. The summed E-state index contributed by atoms with van der Waals surface area (Å²) in [6.07, 6.45) is 15.6. The fraction of sp³-hybridized carbons (Fsp3) is 0.633. The third-order valence-electron chi connectivity index (χ3n) is 30.4. The van der Waals surface area contributed by atoms with Gasteiger partial charge in [0.05, 0.1) is 120 Å². The van der Waals surface area contributed by atoms with Gasteiger partial charge in [-0.25, -0.2) is 9.59 Å². The van der Waals surface area contributed by atoms with E-state index in [1.807, 2.05) is 54.5 Å². The van der Waals surface area contributed by atoms with Crippen molar-refractivity contribution in [2.75, 3.05) is 28.4 Å². The predicted molar refractivity (Wildman–Crippen MR) is 412 cm³/mol. The van der Waals surface area contributed by atoms with E-state index in [0.717, 1.165) is 22.3 Å². The first kappa shape index (κ1) is 87.8. The molecule has 6 saturated carbocycles. The Kier molecular flexibility index (Phi) is 24.2. The molecule has 120 heavy (non-hydrogen) atoms. The van der Waals surface area contributed by atoms with E-state index in [9.17, 15) is 72.5 Å². The van der Waals surface area contributed by atoms with Gasteiger partial charge in [0.2, 0.25) is 0 Å². The number of furan rings is 4. The zero-order valence-electron chi connectivity index (χ0n) is 70.5. The minimum absolute atomic E-state index is 0.0643. The van der Waals surface area contributed by atoms with Gasteiger partial charge in [-0.1, -0.05) is 61.5 Å². The van der Waals surface area contributed by atoms with Crippen molar-refractivity contribution in [1.29, 1.82) is 0 Å². The van der Waals surface area contributed by atoms with Crippen LogP contribution in [0.15, 0.2) is 115 Å². The molecule has 12 aliphatic rings. The van der Waals surface area contributed by atoms with E-state index >= 15 is 0 Å². The second-order valence-corrected chi connectivity index (χ2v) is 37.0. The number of aliphatic hydroxyl groups is 2. The van der Waals surface area contributed by atoms with Gasteiger partial charge in [0.1, 0.15) is 36.6 Å². The van der Waals surface area contributed by atoms with Crippen LogP contribution in [0, 0.1) is 102 Å². The molecule has 0 amide bonds. The van der Waals surface area contributed by atoms with E-state index in [4.69, 9.17) is 69.8 Å². The third kappa shape index (κ3) is 15.0. The monoisotopic (exact) mass is 1670 g/mol. The number of hydrogen-bond donors (Lipinski definition) is 2. The third-order valence-corrected chi connectivity index (χ3v) is 30.4. The van der Waals surface area contributed by atoms with Crippen LogP contribution in [0.2, 0.25) is 0 Å². The molecule has 0 aromatic carbocycles. The summed E-state index contributed by atoms with van der Waals surface area (Å²) >= 11 is 0. The number of methoxy groups -OCH3 is 4. The zero-order chi connectivity index (χ0) is 87.1. The lowest BCUT2D eigenvalue weighted by atomic mass is 9.43. The molecular formula is C90H110O30. The summed E-state index contributed by atoms with van der Waals surface area (Å²) in [5.74, 6) is -10.2. The minimum atomic E-state index is -1.23. The van der Waals surface area contributed by atoms with Gasteiger partial charge in [0, 0.05) is 95.1 Å². The van der Waals surface area contributed by atoms with Gasteiger partial charge in [0.25, 0.3) is 0 Å². The highest BCUT2D eigenvalue weighted by Gasteiger charge is 2.72. The molecule has 30 nitrogen and oxygen atoms in total. The molecule has 0 radical (unpaired) electrons. The molecule has 2 N–H and O–H groups in total. The first-order valence-electron chi connectivity index (χ1n) is 41.3. The topological polar surface area (TPSA) is 416 Å². The number of ketones is 2. The Labute approximate surface area is 694 Å². The van der Waals surface area contributed by atoms with Gasteiger partial charge in [-0.15, -0.1) is 0 Å². The summed E-state index contributed by atoms with van der Waals surface area (Å²) in [4.78, 5) is 165. The summed E-state index contributed by atoms with van der Waals surface area (Å²) in [7, 11) is 5.32. The van der Waals surface area contributed by atoms with E-state index in [1.165, 1.54) is 86.6 Å². The standard InChI is InChI=1S/C25H30O9.C23H28O8.C21H26O7.C21H26O6/c1-13(26)32-18-10-17(22(28)30-5)24(3)8-6-16-23(29)34-19(15-7-9-31-12-15)11-25(16,4)21(24)20(18)33-14(2)27;1-12(24)30-16-9-15(20(26)28-4)22(2)7-5-14-21(27)31-17(13-6-8-29-11-13)10-23(14,3)19(22)18(16)25;1-20-6-4-12-19(25)28-15(11-5-7-27-10-11)9-21(12,2)17(20)16(23)14(22)8-13(20)18(24)26-3;1-20-8-6-14-19(24)27-16(12-7-9-26-11-12)10-21(14,2)17(20)15(22)5-4-13(20)18(23)25-3/h7,9-10,12,16,18-21H,6,8,11H2,1-5H3;6,8,11,14-17,19H,5,7,9-10H2,1-4H3;5,7,10,12-15,17,22H,4,6,8-9H2,1-3H3;4,7,9,11,14-17,22H,5-6,8,10H2,1-3H3/t16-,18+,19+,20+,21?,24+,25+;14-,15+,16+,17+,19?,22+,23+;12-,13+,14+,15+,17?,20+,21+;14-,15-,16-,17?,20-,21-/m1110/s1. The number of hydrogen-bond acceptors (Lipinski definition) is 30. The fourth-order valence-electron chi connectivity index (χ4n) is 25.2. The highest BCUT2D eigenvalue weighted by atomic mass is 16.6. The second kappa shape index (κ2) is 33.1. The maximum atomic E-state index is 13.7. The predicted octanol–water partition coefficient (Wildman–Crippen LogP) is 11.9. The first-order valence-corrected chi connectivity index (χ1v) is 41.3. The number of cyclic esters (lactones) is 4. The van der Waals surface area contributed by atoms with Gasteiger partial charge in [-0.05, 0) is 153 Å². The van der Waals surface area contributed by atoms with Crippen molar-refractivity contribution in [3.8, 4) is 0 Å². The molecule has 16 rings (SSSR count). The van der Waals surface area contributed by atoms with E-state index in [1.54, 1.807) is 43.1 Å². The van der Waals surface area contributed by atoms with Crippen molar-refractivity contribution in [2.24, 2.45) is 102 Å². The summed E-state index contributed by atoms with van der Waals surface area (Å²) < 4.78 is 80.4. The summed E-state index contributed by atoms with van der Waals surface area (Å²) in [6.45, 7) is 19.5. The van der Waals surface area contributed by atoms with Gasteiger partial charge >= 0.3 is 65.7 Å². The van der Waals surface area contributed by atoms with Gasteiger partial charge in [-0.3, -0.25) is 52.7 Å². The smallest absolute Gasteiger partial charge is 0.334 e. The Morgan fingerprint density at radius 2 is 0.775 bits per heavy atom. The second-order valence-electron chi connectivity index (χ2n) is 37.0. The number of fused-ring (bicyclic) bond motifs is 12. The molecule has 4 saturated heterocycles. The number of aliphatic hydroxyl groups excluding tert-OH is 2. The maximum absolute atomic E-state index is 13.7. The number of carbonyl (C=O) groups excluding carboxylic acids is 13. The average molecular weight is 1670 g/mol. The Morgan fingerprint density at radius 1 is 0.417 bits per heavy atom. The van der Waals surface area contributed by atoms with Crippen LogP contribution in [0.4, 0.5) is 0 Å². The Balaban J connectivity index is 0.000000139. The number of Topliss-reactive ketones (excluding diaryl/α,β-unsaturated/α-hetero) is 2. The molecule has 4 aromatic heterocycles. The van der Waals surface area contributed by atoms with Crippen LogP contribution in [-0.4, -0.2) is 146 Å². The number of esters is 11. The SMILES string of the molecule is COC(=O)C1=CC[C@H](O)C2[C@@]1(C)CC[C@H]1C(=O)O[C@H](c3ccoc3)C[C@]21C.COC(=O)C1=C[C@H](OC(C)=O)[C@H](OC(C)=O)C2[C@@]1(C)CC[C@@H]1C(=O)O[C@H](c3ccoc3)C[C@]21C.COC(=O)[C@@H]1C[C@H](O)C(=O)C2[C@@]3(C)C[C@@H](c4ccoc4)OC(=O)[C@H]3CC[C@]21C.COC(=O)[C@@H]1C[C@H](OC(C)=O)C(=O)C2[C@@]3(C)C[C@@H](c4ccoc4)OC(=O)[C@H]3CC[C@]21C. The summed E-state index contributed by atoms with van der Waals surface area (Å²) in [5, 5.41) is 21.5. The number of carbonyl (C=O) groups is 13. The minimum Gasteiger partial charge on any atom is -0.472 e. The van der Waals surface area contributed by atoms with Gasteiger partial charge in [0.15, 0.2) is 23.8 Å². The fourth-order valence-corrected chi connectivity index (χ4v) is 25.2. The van der Waals surface area contributed by atoms with Crippen LogP contribution < -0.4 is 0 Å².